The summed E-state index contributed by atoms with van der Waals surface area (Å²) in [5.41, 5.74) is 1.67. The number of nitrogens with one attached hydrogen (secondary N) is 2. The Kier molecular flexibility index (Phi) is 4.08. The minimum absolute atomic E-state index is 0.0201. The third-order valence-corrected chi connectivity index (χ3v) is 4.81. The number of H-pyrrole nitrogens is 1. The van der Waals surface area contributed by atoms with E-state index in [1.807, 2.05) is 42.5 Å². The second-order valence-electron chi connectivity index (χ2n) is 5.65. The monoisotopic (exact) mass is 340 g/mol. The van der Waals surface area contributed by atoms with Crippen molar-refractivity contribution < 1.29 is 9.21 Å². The summed E-state index contributed by atoms with van der Waals surface area (Å²) in [6.07, 6.45) is 3.90. The molecule has 1 fully saturated rings. The lowest BCUT2D eigenvalue weighted by Crippen LogP contribution is -2.29. The molecule has 7 heteroatoms. The van der Waals surface area contributed by atoms with Gasteiger partial charge in [0, 0.05) is 12.2 Å². The number of rotatable bonds is 6. The summed E-state index contributed by atoms with van der Waals surface area (Å²) in [5.74, 6) is 0.394. The highest BCUT2D eigenvalue weighted by Crippen LogP contribution is 2.36. The molecule has 0 bridgehead atoms. The molecule has 0 unspecified atom stereocenters. The molecule has 0 aliphatic heterocycles. The van der Waals surface area contributed by atoms with Gasteiger partial charge in [-0.2, -0.15) is 0 Å². The van der Waals surface area contributed by atoms with Gasteiger partial charge in [-0.15, -0.1) is 10.2 Å². The highest BCUT2D eigenvalue weighted by atomic mass is 32.2. The topological polar surface area (TPSA) is 83.8 Å². The molecule has 6 nitrogen and oxygen atoms in total. The van der Waals surface area contributed by atoms with E-state index in [0.29, 0.717) is 17.2 Å². The minimum atomic E-state index is -0.413. The van der Waals surface area contributed by atoms with Crippen LogP contribution < -0.4 is 5.32 Å². The van der Waals surface area contributed by atoms with Crippen molar-refractivity contribution in [3.05, 3.63) is 54.2 Å². The van der Waals surface area contributed by atoms with E-state index in [4.69, 9.17) is 4.42 Å². The summed E-state index contributed by atoms with van der Waals surface area (Å²) >= 11 is 1.27. The predicted molar refractivity (Wildman–Crippen MR) is 90.3 cm³/mol. The molecule has 3 aromatic rings. The maximum atomic E-state index is 12.6. The van der Waals surface area contributed by atoms with Crippen molar-refractivity contribution >= 4 is 17.7 Å². The van der Waals surface area contributed by atoms with Gasteiger partial charge in [0.1, 0.15) is 10.9 Å². The number of benzene rings is 1. The summed E-state index contributed by atoms with van der Waals surface area (Å²) in [7, 11) is 0. The van der Waals surface area contributed by atoms with Crippen molar-refractivity contribution in [3.63, 3.8) is 0 Å². The van der Waals surface area contributed by atoms with E-state index in [-0.39, 0.29) is 5.91 Å². The third-order valence-electron chi connectivity index (χ3n) is 3.72. The number of carbonyl (C=O) groups excluding carboxylic acids is 1. The molecule has 1 aliphatic carbocycles. The first kappa shape index (κ1) is 15.0. The Morgan fingerprint density at radius 2 is 2.04 bits per heavy atom. The SMILES string of the molecule is O=C(NC1CC1)[C@@H](Sc1nnc(-c2ccc[nH]2)o1)c1ccccc1. The summed E-state index contributed by atoms with van der Waals surface area (Å²) < 4.78 is 5.68. The molecule has 1 aliphatic rings. The zero-order valence-electron chi connectivity index (χ0n) is 12.8. The maximum absolute atomic E-state index is 12.6. The molecule has 2 heterocycles. The van der Waals surface area contributed by atoms with Crippen LogP contribution in [-0.4, -0.2) is 27.1 Å². The average Bonchev–Trinajstić information content (AvgIpc) is 3.08. The van der Waals surface area contributed by atoms with E-state index in [1.54, 1.807) is 6.20 Å². The van der Waals surface area contributed by atoms with Crippen LogP contribution in [0.3, 0.4) is 0 Å². The van der Waals surface area contributed by atoms with Crippen molar-refractivity contribution in [3.8, 4) is 11.6 Å². The normalized spacial score (nSPS) is 15.2. The van der Waals surface area contributed by atoms with Crippen molar-refractivity contribution in [1.29, 1.82) is 0 Å². The van der Waals surface area contributed by atoms with E-state index < -0.39 is 5.25 Å². The summed E-state index contributed by atoms with van der Waals surface area (Å²) in [6, 6.07) is 13.7. The lowest BCUT2D eigenvalue weighted by Gasteiger charge is -2.14. The molecule has 24 heavy (non-hydrogen) atoms. The van der Waals surface area contributed by atoms with Crippen LogP contribution in [-0.2, 0) is 4.79 Å². The van der Waals surface area contributed by atoms with Crippen molar-refractivity contribution in [2.75, 3.05) is 0 Å². The van der Waals surface area contributed by atoms with Gasteiger partial charge >= 0.3 is 0 Å². The van der Waals surface area contributed by atoms with Gasteiger partial charge < -0.3 is 14.7 Å². The fourth-order valence-corrected chi connectivity index (χ4v) is 3.22. The molecule has 1 saturated carbocycles. The van der Waals surface area contributed by atoms with E-state index in [2.05, 4.69) is 20.5 Å². The fourth-order valence-electron chi connectivity index (χ4n) is 2.34. The van der Waals surface area contributed by atoms with Gasteiger partial charge in [0.15, 0.2) is 0 Å². The Hall–Kier alpha value is -2.54. The van der Waals surface area contributed by atoms with Crippen molar-refractivity contribution in [2.24, 2.45) is 0 Å². The number of hydrogen-bond acceptors (Lipinski definition) is 5. The number of aromatic nitrogens is 3. The highest BCUT2D eigenvalue weighted by Gasteiger charge is 2.30. The van der Waals surface area contributed by atoms with Crippen LogP contribution in [0.1, 0.15) is 23.7 Å². The molecular weight excluding hydrogens is 324 g/mol. The molecule has 0 saturated heterocycles. The van der Waals surface area contributed by atoms with Crippen LogP contribution in [0.2, 0.25) is 0 Å². The average molecular weight is 340 g/mol. The predicted octanol–water partition coefficient (Wildman–Crippen LogP) is 3.18. The molecule has 1 amide bonds. The summed E-state index contributed by atoms with van der Waals surface area (Å²) in [5, 5.41) is 11.1. The van der Waals surface area contributed by atoms with Crippen LogP contribution in [0, 0.1) is 0 Å². The lowest BCUT2D eigenvalue weighted by atomic mass is 10.1. The Morgan fingerprint density at radius 1 is 1.21 bits per heavy atom. The van der Waals surface area contributed by atoms with Crippen LogP contribution in [0.4, 0.5) is 0 Å². The van der Waals surface area contributed by atoms with Crippen LogP contribution >= 0.6 is 11.8 Å². The van der Waals surface area contributed by atoms with Gasteiger partial charge in [0.2, 0.25) is 5.91 Å². The lowest BCUT2D eigenvalue weighted by molar-refractivity contribution is -0.120. The van der Waals surface area contributed by atoms with Crippen LogP contribution in [0.5, 0.6) is 0 Å². The maximum Gasteiger partial charge on any atom is 0.278 e. The first-order chi connectivity index (χ1) is 11.8. The minimum Gasteiger partial charge on any atom is -0.410 e. The molecule has 1 aromatic carbocycles. The van der Waals surface area contributed by atoms with E-state index in [0.717, 1.165) is 24.1 Å². The number of thioether (sulfide) groups is 1. The van der Waals surface area contributed by atoms with Gasteiger partial charge in [-0.05, 0) is 42.3 Å². The zero-order chi connectivity index (χ0) is 16.4. The van der Waals surface area contributed by atoms with E-state index in [1.165, 1.54) is 11.8 Å². The second-order valence-corrected chi connectivity index (χ2v) is 6.70. The first-order valence-electron chi connectivity index (χ1n) is 7.79. The fraction of sp³-hybridized carbons (Fsp3) is 0.235. The summed E-state index contributed by atoms with van der Waals surface area (Å²) in [6.45, 7) is 0. The van der Waals surface area contributed by atoms with E-state index in [9.17, 15) is 4.79 Å². The van der Waals surface area contributed by atoms with Gasteiger partial charge in [-0.25, -0.2) is 0 Å². The Morgan fingerprint density at radius 3 is 2.75 bits per heavy atom. The molecule has 0 radical (unpaired) electrons. The van der Waals surface area contributed by atoms with Crippen molar-refractivity contribution in [1.82, 2.24) is 20.5 Å². The van der Waals surface area contributed by atoms with Gasteiger partial charge in [-0.1, -0.05) is 30.3 Å². The first-order valence-corrected chi connectivity index (χ1v) is 8.67. The van der Waals surface area contributed by atoms with E-state index >= 15 is 0 Å². The Bertz CT molecular complexity index is 812. The van der Waals surface area contributed by atoms with Crippen molar-refractivity contribution in [2.45, 2.75) is 29.4 Å². The second kappa shape index (κ2) is 6.52. The molecule has 2 N–H and O–H groups in total. The zero-order valence-corrected chi connectivity index (χ0v) is 13.6. The number of nitrogens with zero attached hydrogens (tertiary/aromatic N) is 2. The largest absolute Gasteiger partial charge is 0.410 e. The Labute approximate surface area is 143 Å². The summed E-state index contributed by atoms with van der Waals surface area (Å²) in [4.78, 5) is 15.6. The quantitative estimate of drug-likeness (QED) is 0.673. The molecule has 1 atom stereocenters. The van der Waals surface area contributed by atoms with Gasteiger partial charge in [-0.3, -0.25) is 4.79 Å². The molecular formula is C17H16N4O2S. The number of amides is 1. The molecule has 4 rings (SSSR count). The standard InChI is InChI=1S/C17H16N4O2S/c22-15(19-12-8-9-12)14(11-5-2-1-3-6-11)24-17-21-20-16(23-17)13-7-4-10-18-13/h1-7,10,12,14,18H,8-9H2,(H,19,22)/t14-/m0/s1. The smallest absolute Gasteiger partial charge is 0.278 e. The molecule has 0 spiro atoms. The Balaban J connectivity index is 1.56. The molecule has 2 aromatic heterocycles. The van der Waals surface area contributed by atoms with Crippen LogP contribution in [0.15, 0.2) is 58.3 Å². The third kappa shape index (κ3) is 3.35. The van der Waals surface area contributed by atoms with Crippen LogP contribution in [0.25, 0.3) is 11.6 Å². The highest BCUT2D eigenvalue weighted by molar-refractivity contribution is 8.00. The van der Waals surface area contributed by atoms with Gasteiger partial charge in [0.05, 0.1) is 0 Å². The molecule has 122 valence electrons. The number of hydrogen-bond donors (Lipinski definition) is 2. The number of carbonyl (C=O) groups is 1. The van der Waals surface area contributed by atoms with Gasteiger partial charge in [0.25, 0.3) is 11.1 Å². The number of aromatic amines is 1.